The molecule has 0 aromatic rings. The summed E-state index contributed by atoms with van der Waals surface area (Å²) < 4.78 is 0. The highest BCUT2D eigenvalue weighted by Crippen LogP contribution is 2.25. The van der Waals surface area contributed by atoms with Crippen molar-refractivity contribution in [3.63, 3.8) is 0 Å². The highest BCUT2D eigenvalue weighted by molar-refractivity contribution is 5.81. The fraction of sp³-hybridized carbons (Fsp3) is 0.938. The van der Waals surface area contributed by atoms with Crippen LogP contribution in [0.3, 0.4) is 0 Å². The van der Waals surface area contributed by atoms with Gasteiger partial charge in [-0.05, 0) is 38.6 Å². The number of rotatable bonds is 6. The molecule has 2 fully saturated rings. The second kappa shape index (κ2) is 7.88. The molecular weight excluding hydrogens is 236 g/mol. The lowest BCUT2D eigenvalue weighted by molar-refractivity contribution is -0.123. The highest BCUT2D eigenvalue weighted by Gasteiger charge is 2.20. The fourth-order valence-corrected chi connectivity index (χ4v) is 3.47. The van der Waals surface area contributed by atoms with Crippen molar-refractivity contribution >= 4 is 5.91 Å². The average Bonchev–Trinajstić information content (AvgIpc) is 2.92. The topological polar surface area (TPSA) is 41.1 Å². The van der Waals surface area contributed by atoms with Gasteiger partial charge < -0.3 is 10.6 Å². The lowest BCUT2D eigenvalue weighted by Gasteiger charge is -2.23. The molecule has 0 heterocycles. The van der Waals surface area contributed by atoms with Crippen molar-refractivity contribution in [1.29, 1.82) is 0 Å². The van der Waals surface area contributed by atoms with Crippen LogP contribution in [0.1, 0.15) is 71.1 Å². The van der Waals surface area contributed by atoms with Crippen LogP contribution >= 0.6 is 0 Å². The smallest absolute Gasteiger partial charge is 0.237 e. The second-order valence-electron chi connectivity index (χ2n) is 6.46. The minimum absolute atomic E-state index is 0.0378. The third-order valence-corrected chi connectivity index (χ3v) is 4.82. The van der Waals surface area contributed by atoms with Crippen molar-refractivity contribution in [2.75, 3.05) is 6.54 Å². The molecule has 0 bridgehead atoms. The summed E-state index contributed by atoms with van der Waals surface area (Å²) >= 11 is 0. The molecule has 2 rings (SSSR count). The monoisotopic (exact) mass is 266 g/mol. The van der Waals surface area contributed by atoms with E-state index in [-0.39, 0.29) is 11.9 Å². The molecule has 0 saturated heterocycles. The van der Waals surface area contributed by atoms with Gasteiger partial charge in [-0.3, -0.25) is 4.79 Å². The molecule has 0 radical (unpaired) electrons. The molecule has 3 nitrogen and oxygen atoms in total. The summed E-state index contributed by atoms with van der Waals surface area (Å²) in [6, 6.07) is 0.402. The molecule has 3 heteroatoms. The Kier molecular flexibility index (Phi) is 6.15. The number of nitrogens with one attached hydrogen (secondary N) is 2. The third-order valence-electron chi connectivity index (χ3n) is 4.82. The summed E-state index contributed by atoms with van der Waals surface area (Å²) in [4.78, 5) is 12.0. The van der Waals surface area contributed by atoms with E-state index in [0.717, 1.165) is 12.5 Å². The molecule has 19 heavy (non-hydrogen) atoms. The first-order valence-corrected chi connectivity index (χ1v) is 8.29. The van der Waals surface area contributed by atoms with Crippen molar-refractivity contribution in [2.45, 2.75) is 83.2 Å². The fourth-order valence-electron chi connectivity index (χ4n) is 3.47. The number of carbonyl (C=O) groups excluding carboxylic acids is 1. The van der Waals surface area contributed by atoms with E-state index in [2.05, 4.69) is 10.6 Å². The second-order valence-corrected chi connectivity index (χ2v) is 6.46. The van der Waals surface area contributed by atoms with Crippen LogP contribution in [0.5, 0.6) is 0 Å². The maximum absolute atomic E-state index is 12.0. The SMILES string of the molecule is CC(NCCC1CCCCC1)C(=O)NC1CCCC1. The Morgan fingerprint density at radius 2 is 1.68 bits per heavy atom. The normalized spacial score (nSPS) is 23.4. The maximum Gasteiger partial charge on any atom is 0.237 e. The minimum atomic E-state index is -0.0378. The summed E-state index contributed by atoms with van der Waals surface area (Å²) in [5.41, 5.74) is 0. The molecule has 1 amide bonds. The molecular formula is C16H30N2O. The van der Waals surface area contributed by atoms with Crippen LogP contribution in [0, 0.1) is 5.92 Å². The van der Waals surface area contributed by atoms with Gasteiger partial charge in [-0.2, -0.15) is 0 Å². The lowest BCUT2D eigenvalue weighted by atomic mass is 9.87. The predicted molar refractivity (Wildman–Crippen MR) is 79.1 cm³/mol. The van der Waals surface area contributed by atoms with Gasteiger partial charge in [0, 0.05) is 6.04 Å². The molecule has 2 N–H and O–H groups in total. The summed E-state index contributed by atoms with van der Waals surface area (Å²) in [5, 5.41) is 6.56. The van der Waals surface area contributed by atoms with Crippen LogP contribution in [-0.2, 0) is 4.79 Å². The van der Waals surface area contributed by atoms with Gasteiger partial charge in [-0.15, -0.1) is 0 Å². The van der Waals surface area contributed by atoms with Crippen molar-refractivity contribution < 1.29 is 4.79 Å². The maximum atomic E-state index is 12.0. The Labute approximate surface area is 117 Å². The first kappa shape index (κ1) is 14.8. The van der Waals surface area contributed by atoms with E-state index in [1.165, 1.54) is 64.2 Å². The van der Waals surface area contributed by atoms with Crippen LogP contribution in [0.2, 0.25) is 0 Å². The van der Waals surface area contributed by atoms with E-state index in [1.807, 2.05) is 6.92 Å². The van der Waals surface area contributed by atoms with Gasteiger partial charge in [0.2, 0.25) is 5.91 Å². The molecule has 0 aromatic carbocycles. The van der Waals surface area contributed by atoms with Gasteiger partial charge in [-0.25, -0.2) is 0 Å². The van der Waals surface area contributed by atoms with Gasteiger partial charge in [0.1, 0.15) is 0 Å². The van der Waals surface area contributed by atoms with Crippen LogP contribution in [0.15, 0.2) is 0 Å². The highest BCUT2D eigenvalue weighted by atomic mass is 16.2. The predicted octanol–water partition coefficient (Wildman–Crippen LogP) is 2.99. The van der Waals surface area contributed by atoms with Crippen molar-refractivity contribution in [3.8, 4) is 0 Å². The number of hydrogen-bond acceptors (Lipinski definition) is 2. The summed E-state index contributed by atoms with van der Waals surface area (Å²) in [5.74, 6) is 1.09. The Balaban J connectivity index is 1.57. The van der Waals surface area contributed by atoms with Gasteiger partial charge in [0.05, 0.1) is 6.04 Å². The zero-order valence-corrected chi connectivity index (χ0v) is 12.4. The summed E-state index contributed by atoms with van der Waals surface area (Å²) in [7, 11) is 0. The molecule has 1 atom stereocenters. The Morgan fingerprint density at radius 1 is 1.05 bits per heavy atom. The number of amides is 1. The molecule has 1 unspecified atom stereocenters. The quantitative estimate of drug-likeness (QED) is 0.776. The zero-order chi connectivity index (χ0) is 13.5. The van der Waals surface area contributed by atoms with Crippen LogP contribution in [0.4, 0.5) is 0 Å². The van der Waals surface area contributed by atoms with E-state index >= 15 is 0 Å². The van der Waals surface area contributed by atoms with Gasteiger partial charge >= 0.3 is 0 Å². The van der Waals surface area contributed by atoms with Crippen LogP contribution in [-0.4, -0.2) is 24.5 Å². The van der Waals surface area contributed by atoms with Crippen molar-refractivity contribution in [3.05, 3.63) is 0 Å². The number of carbonyl (C=O) groups is 1. The first-order valence-electron chi connectivity index (χ1n) is 8.29. The summed E-state index contributed by atoms with van der Waals surface area (Å²) in [6.45, 7) is 2.98. The standard InChI is InChI=1S/C16H30N2O/c1-13(16(19)18-15-9-5-6-10-15)17-12-11-14-7-3-2-4-8-14/h13-15,17H,2-12H2,1H3,(H,18,19). The van der Waals surface area contributed by atoms with Gasteiger partial charge in [0.25, 0.3) is 0 Å². The Hall–Kier alpha value is -0.570. The van der Waals surface area contributed by atoms with E-state index in [9.17, 15) is 4.79 Å². The minimum Gasteiger partial charge on any atom is -0.352 e. The van der Waals surface area contributed by atoms with E-state index in [1.54, 1.807) is 0 Å². The van der Waals surface area contributed by atoms with Gasteiger partial charge in [-0.1, -0.05) is 44.9 Å². The van der Waals surface area contributed by atoms with E-state index < -0.39 is 0 Å². The van der Waals surface area contributed by atoms with E-state index in [4.69, 9.17) is 0 Å². The van der Waals surface area contributed by atoms with E-state index in [0.29, 0.717) is 6.04 Å². The molecule has 0 aromatic heterocycles. The average molecular weight is 266 g/mol. The van der Waals surface area contributed by atoms with Crippen LogP contribution in [0.25, 0.3) is 0 Å². The summed E-state index contributed by atoms with van der Waals surface area (Å²) in [6.07, 6.45) is 13.1. The zero-order valence-electron chi connectivity index (χ0n) is 12.4. The molecule has 2 aliphatic carbocycles. The molecule has 110 valence electrons. The number of hydrogen-bond donors (Lipinski definition) is 2. The van der Waals surface area contributed by atoms with Gasteiger partial charge in [0.15, 0.2) is 0 Å². The Bertz CT molecular complexity index is 268. The van der Waals surface area contributed by atoms with Crippen LogP contribution < -0.4 is 10.6 Å². The van der Waals surface area contributed by atoms with Crippen molar-refractivity contribution in [1.82, 2.24) is 10.6 Å². The molecule has 2 aliphatic rings. The molecule has 0 spiro atoms. The Morgan fingerprint density at radius 3 is 2.37 bits per heavy atom. The van der Waals surface area contributed by atoms with Crippen molar-refractivity contribution in [2.24, 2.45) is 5.92 Å². The third kappa shape index (κ3) is 5.13. The lowest BCUT2D eigenvalue weighted by Crippen LogP contribution is -2.46. The first-order chi connectivity index (χ1) is 9.25. The molecule has 0 aliphatic heterocycles. The largest absolute Gasteiger partial charge is 0.352 e. The molecule has 2 saturated carbocycles.